The molecule has 0 aliphatic heterocycles. The van der Waals surface area contributed by atoms with Crippen molar-refractivity contribution in [3.8, 4) is 0 Å². The van der Waals surface area contributed by atoms with Crippen molar-refractivity contribution in [3.05, 3.63) is 0 Å². The summed E-state index contributed by atoms with van der Waals surface area (Å²) in [4.78, 5) is 11.1. The summed E-state index contributed by atoms with van der Waals surface area (Å²) in [5.41, 5.74) is 0. The highest BCUT2D eigenvalue weighted by Crippen LogP contribution is 2.34. The van der Waals surface area contributed by atoms with Gasteiger partial charge in [-0.05, 0) is 39.5 Å². The van der Waals surface area contributed by atoms with E-state index in [-0.39, 0.29) is 16.6 Å². The summed E-state index contributed by atoms with van der Waals surface area (Å²) >= 11 is -1.02. The molecule has 0 radical (unpaired) electrons. The lowest BCUT2D eigenvalue weighted by Crippen LogP contribution is -2.44. The molecule has 1 atom stereocenters. The van der Waals surface area contributed by atoms with Crippen LogP contribution in [0.3, 0.4) is 0 Å². The second kappa shape index (κ2) is 5.38. The van der Waals surface area contributed by atoms with E-state index < -0.39 is 11.4 Å². The van der Waals surface area contributed by atoms with Crippen LogP contribution in [0.1, 0.15) is 33.6 Å². The molecule has 1 saturated carbocycles. The van der Waals surface area contributed by atoms with E-state index in [0.717, 1.165) is 19.4 Å². The minimum absolute atomic E-state index is 0.0554. The second-order valence-electron chi connectivity index (χ2n) is 5.29. The van der Waals surface area contributed by atoms with E-state index in [4.69, 9.17) is 0 Å². The van der Waals surface area contributed by atoms with Crippen molar-refractivity contribution in [2.24, 2.45) is 11.8 Å². The third-order valence-electron chi connectivity index (χ3n) is 2.83. The molecule has 1 aliphatic rings. The Hall–Kier alpha value is -0.260. The highest BCUT2D eigenvalue weighted by atomic mass is 32.2. The van der Waals surface area contributed by atoms with Gasteiger partial charge >= 0.3 is 5.97 Å². The maximum Gasteiger partial charge on any atom is 0.308 e. The standard InChI is InChI=1S/C11H21NO3S/c1-11(2,3)16(14)12-7-8-5-9(6-8)10(13)15-4/h8-9,12H,5-7H2,1-4H3. The molecule has 0 saturated heterocycles. The molecule has 5 heteroatoms. The molecule has 0 heterocycles. The molecule has 94 valence electrons. The maximum absolute atomic E-state index is 11.7. The van der Waals surface area contributed by atoms with Crippen molar-refractivity contribution in [2.75, 3.05) is 13.7 Å². The quantitative estimate of drug-likeness (QED) is 0.599. The summed E-state index contributed by atoms with van der Waals surface area (Å²) < 4.78 is 19.1. The molecule has 1 fully saturated rings. The van der Waals surface area contributed by atoms with Crippen LogP contribution in [-0.4, -0.2) is 28.9 Å². The summed E-state index contributed by atoms with van der Waals surface area (Å²) in [6, 6.07) is 0. The molecule has 4 nitrogen and oxygen atoms in total. The van der Waals surface area contributed by atoms with E-state index in [0.29, 0.717) is 5.92 Å². The normalized spacial score (nSPS) is 27.1. The number of methoxy groups -OCH3 is 1. The highest BCUT2D eigenvalue weighted by molar-refractivity contribution is 7.90. The Labute approximate surface area is 100 Å². The molecule has 0 amide bonds. The van der Waals surface area contributed by atoms with Crippen molar-refractivity contribution < 1.29 is 14.1 Å². The van der Waals surface area contributed by atoms with Crippen LogP contribution in [-0.2, 0) is 20.9 Å². The van der Waals surface area contributed by atoms with Gasteiger partial charge in [0.15, 0.2) is 0 Å². The average molecular weight is 247 g/mol. The lowest BCUT2D eigenvalue weighted by molar-refractivity contribution is -0.150. The average Bonchev–Trinajstić information content (AvgIpc) is 2.12. The number of esters is 1. The van der Waals surface area contributed by atoms with E-state index in [1.165, 1.54) is 7.11 Å². The Morgan fingerprint density at radius 3 is 2.50 bits per heavy atom. The van der Waals surface area contributed by atoms with Gasteiger partial charge in [0.25, 0.3) is 0 Å². The second-order valence-corrected chi connectivity index (χ2v) is 7.34. The van der Waals surface area contributed by atoms with Gasteiger partial charge in [-0.15, -0.1) is 4.72 Å². The van der Waals surface area contributed by atoms with Crippen LogP contribution in [0.2, 0.25) is 0 Å². The van der Waals surface area contributed by atoms with Crippen LogP contribution in [0.5, 0.6) is 0 Å². The highest BCUT2D eigenvalue weighted by Gasteiger charge is 2.36. The van der Waals surface area contributed by atoms with E-state index >= 15 is 0 Å². The number of nitrogens with one attached hydrogen (secondary N) is 1. The van der Waals surface area contributed by atoms with Crippen LogP contribution in [0.4, 0.5) is 0 Å². The fraction of sp³-hybridized carbons (Fsp3) is 0.909. The Kier molecular flexibility index (Phi) is 4.64. The first kappa shape index (κ1) is 13.8. The zero-order valence-corrected chi connectivity index (χ0v) is 11.2. The smallest absolute Gasteiger partial charge is 0.308 e. The summed E-state index contributed by atoms with van der Waals surface area (Å²) in [7, 11) is 1.42. The van der Waals surface area contributed by atoms with Crippen LogP contribution in [0.15, 0.2) is 0 Å². The molecular weight excluding hydrogens is 226 g/mol. The summed E-state index contributed by atoms with van der Waals surface area (Å²) in [5.74, 6) is 0.392. The molecule has 0 aromatic rings. The number of ether oxygens (including phenoxy) is 1. The van der Waals surface area contributed by atoms with Gasteiger partial charge in [-0.25, -0.2) is 0 Å². The van der Waals surface area contributed by atoms with Crippen LogP contribution >= 0.6 is 0 Å². The Bertz CT molecular complexity index is 246. The van der Waals surface area contributed by atoms with Crippen molar-refractivity contribution in [1.29, 1.82) is 0 Å². The number of hydrogen-bond acceptors (Lipinski definition) is 4. The van der Waals surface area contributed by atoms with Crippen molar-refractivity contribution >= 4 is 17.3 Å². The first-order valence-corrected chi connectivity index (χ1v) is 6.72. The van der Waals surface area contributed by atoms with Gasteiger partial charge in [0.1, 0.15) is 4.75 Å². The summed E-state index contributed by atoms with van der Waals surface area (Å²) in [6.07, 6.45) is 1.70. The number of carbonyl (C=O) groups excluding carboxylic acids is 1. The minimum atomic E-state index is -1.02. The zero-order chi connectivity index (χ0) is 12.3. The molecule has 1 aliphatic carbocycles. The largest absolute Gasteiger partial charge is 0.598 e. The monoisotopic (exact) mass is 247 g/mol. The predicted molar refractivity (Wildman–Crippen MR) is 64.1 cm³/mol. The van der Waals surface area contributed by atoms with E-state index in [9.17, 15) is 9.35 Å². The molecule has 0 aromatic carbocycles. The lowest BCUT2D eigenvalue weighted by atomic mass is 9.75. The van der Waals surface area contributed by atoms with E-state index in [1.807, 2.05) is 20.8 Å². The van der Waals surface area contributed by atoms with Gasteiger partial charge < -0.3 is 9.29 Å². The van der Waals surface area contributed by atoms with Gasteiger partial charge in [-0.3, -0.25) is 4.79 Å². The molecule has 0 bridgehead atoms. The summed E-state index contributed by atoms with van der Waals surface area (Å²) in [5, 5.41) is 0. The number of carbonyl (C=O) groups is 1. The van der Waals surface area contributed by atoms with Gasteiger partial charge in [0.05, 0.1) is 13.0 Å². The van der Waals surface area contributed by atoms with Gasteiger partial charge in [-0.1, -0.05) is 0 Å². The molecule has 0 spiro atoms. The third kappa shape index (κ3) is 3.64. The Morgan fingerprint density at radius 2 is 2.06 bits per heavy atom. The fourth-order valence-corrected chi connectivity index (χ4v) is 2.49. The number of rotatable bonds is 4. The topological polar surface area (TPSA) is 61.4 Å². The number of hydrogen-bond donors (Lipinski definition) is 1. The van der Waals surface area contributed by atoms with Gasteiger partial charge in [-0.2, -0.15) is 0 Å². The van der Waals surface area contributed by atoms with Crippen LogP contribution in [0.25, 0.3) is 0 Å². The van der Waals surface area contributed by atoms with Crippen molar-refractivity contribution in [3.63, 3.8) is 0 Å². The van der Waals surface area contributed by atoms with Crippen LogP contribution in [0, 0.1) is 11.8 Å². The first-order valence-electron chi connectivity index (χ1n) is 5.57. The third-order valence-corrected chi connectivity index (χ3v) is 4.37. The van der Waals surface area contributed by atoms with Gasteiger partial charge in [0.2, 0.25) is 0 Å². The van der Waals surface area contributed by atoms with Gasteiger partial charge in [0, 0.05) is 17.9 Å². The fourth-order valence-electron chi connectivity index (χ4n) is 1.67. The van der Waals surface area contributed by atoms with Crippen LogP contribution < -0.4 is 4.72 Å². The molecule has 16 heavy (non-hydrogen) atoms. The van der Waals surface area contributed by atoms with Crippen molar-refractivity contribution in [1.82, 2.24) is 4.72 Å². The summed E-state index contributed by atoms with van der Waals surface area (Å²) in [6.45, 7) is 6.54. The molecule has 0 aromatic heterocycles. The zero-order valence-electron chi connectivity index (χ0n) is 10.4. The minimum Gasteiger partial charge on any atom is -0.598 e. The van der Waals surface area contributed by atoms with Crippen molar-refractivity contribution in [2.45, 2.75) is 38.4 Å². The predicted octanol–water partition coefficient (Wildman–Crippen LogP) is 1.24. The Morgan fingerprint density at radius 1 is 1.50 bits per heavy atom. The molecule has 1 rings (SSSR count). The SMILES string of the molecule is COC(=O)C1CC(CN[S+]([O-])C(C)(C)C)C1. The lowest BCUT2D eigenvalue weighted by Gasteiger charge is -2.34. The molecule has 1 unspecified atom stereocenters. The molecular formula is C11H21NO3S. The Balaban J connectivity index is 2.17. The maximum atomic E-state index is 11.7. The van der Waals surface area contributed by atoms with E-state index in [1.54, 1.807) is 0 Å². The first-order chi connectivity index (χ1) is 7.34. The van der Waals surface area contributed by atoms with E-state index in [2.05, 4.69) is 9.46 Å². The molecule has 1 N–H and O–H groups in total.